The lowest BCUT2D eigenvalue weighted by Crippen LogP contribution is -2.39. The van der Waals surface area contributed by atoms with E-state index < -0.39 is 0 Å². The van der Waals surface area contributed by atoms with Crippen LogP contribution in [-0.4, -0.2) is 22.1 Å². The van der Waals surface area contributed by atoms with E-state index in [1.165, 1.54) is 5.56 Å². The Morgan fingerprint density at radius 1 is 1.59 bits per heavy atom. The molecule has 0 bridgehead atoms. The Morgan fingerprint density at radius 3 is 2.76 bits per heavy atom. The Labute approximate surface area is 112 Å². The standard InChI is InChI=1S/C13H19NOS2/c1-9(2)12(16)13(15)14(11-3-4-11)7-10-5-6-17-8-10/h5-6,8-9,11-12,16H,3-4,7H2,1-2H3. The van der Waals surface area contributed by atoms with E-state index in [0.29, 0.717) is 6.04 Å². The van der Waals surface area contributed by atoms with Crippen molar-refractivity contribution >= 4 is 29.9 Å². The van der Waals surface area contributed by atoms with Gasteiger partial charge >= 0.3 is 0 Å². The van der Waals surface area contributed by atoms with Gasteiger partial charge in [-0.05, 0) is 41.1 Å². The number of nitrogens with zero attached hydrogens (tertiary/aromatic N) is 1. The van der Waals surface area contributed by atoms with Crippen molar-refractivity contribution in [2.45, 2.75) is 44.5 Å². The van der Waals surface area contributed by atoms with Crippen LogP contribution in [-0.2, 0) is 11.3 Å². The van der Waals surface area contributed by atoms with E-state index in [1.807, 2.05) is 18.7 Å². The molecule has 1 aromatic heterocycles. The summed E-state index contributed by atoms with van der Waals surface area (Å²) in [6.45, 7) is 4.84. The lowest BCUT2D eigenvalue weighted by Gasteiger charge is -2.26. The van der Waals surface area contributed by atoms with Crippen molar-refractivity contribution in [1.29, 1.82) is 0 Å². The molecule has 0 N–H and O–H groups in total. The van der Waals surface area contributed by atoms with Gasteiger partial charge in [0.1, 0.15) is 0 Å². The molecule has 1 heterocycles. The summed E-state index contributed by atoms with van der Waals surface area (Å²) in [4.78, 5) is 14.4. The number of amides is 1. The van der Waals surface area contributed by atoms with E-state index in [4.69, 9.17) is 0 Å². The number of carbonyl (C=O) groups excluding carboxylic acids is 1. The Kier molecular flexibility index (Phi) is 4.15. The molecule has 0 spiro atoms. The Balaban J connectivity index is 2.04. The summed E-state index contributed by atoms with van der Waals surface area (Å²) < 4.78 is 0. The minimum absolute atomic E-state index is 0.172. The van der Waals surface area contributed by atoms with Gasteiger partial charge in [-0.15, -0.1) is 0 Å². The highest BCUT2D eigenvalue weighted by Crippen LogP contribution is 2.30. The van der Waals surface area contributed by atoms with E-state index in [9.17, 15) is 4.79 Å². The molecule has 0 radical (unpaired) electrons. The molecule has 0 aromatic carbocycles. The lowest BCUT2D eigenvalue weighted by atomic mass is 10.1. The summed E-state index contributed by atoms with van der Waals surface area (Å²) in [5.41, 5.74) is 1.24. The topological polar surface area (TPSA) is 20.3 Å². The van der Waals surface area contributed by atoms with Gasteiger partial charge in [0, 0.05) is 12.6 Å². The highest BCUT2D eigenvalue weighted by atomic mass is 32.1. The molecule has 1 aromatic rings. The Morgan fingerprint density at radius 2 is 2.29 bits per heavy atom. The summed E-state index contributed by atoms with van der Waals surface area (Å²) in [5, 5.41) is 4.01. The van der Waals surface area contributed by atoms with Gasteiger partial charge in [-0.3, -0.25) is 4.79 Å². The molecule has 17 heavy (non-hydrogen) atoms. The van der Waals surface area contributed by atoms with Crippen LogP contribution in [0, 0.1) is 5.92 Å². The number of hydrogen-bond donors (Lipinski definition) is 1. The molecule has 1 unspecified atom stereocenters. The second-order valence-corrected chi connectivity index (χ2v) is 6.35. The van der Waals surface area contributed by atoms with Crippen LogP contribution >= 0.6 is 24.0 Å². The molecule has 1 atom stereocenters. The molecule has 94 valence electrons. The average molecular weight is 269 g/mol. The molecule has 1 fully saturated rings. The SMILES string of the molecule is CC(C)C(S)C(=O)N(Cc1ccsc1)C1CC1. The molecule has 0 aliphatic heterocycles. The highest BCUT2D eigenvalue weighted by molar-refractivity contribution is 7.81. The molecule has 1 aliphatic rings. The first kappa shape index (κ1) is 13.0. The molecular weight excluding hydrogens is 250 g/mol. The minimum atomic E-state index is -0.172. The van der Waals surface area contributed by atoms with E-state index in [1.54, 1.807) is 11.3 Å². The summed E-state index contributed by atoms with van der Waals surface area (Å²) >= 11 is 6.13. The summed E-state index contributed by atoms with van der Waals surface area (Å²) in [7, 11) is 0. The van der Waals surface area contributed by atoms with Crippen LogP contribution in [0.5, 0.6) is 0 Å². The van der Waals surface area contributed by atoms with Crippen molar-refractivity contribution < 1.29 is 4.79 Å². The van der Waals surface area contributed by atoms with Gasteiger partial charge < -0.3 is 4.90 Å². The van der Waals surface area contributed by atoms with Crippen molar-refractivity contribution in [3.05, 3.63) is 22.4 Å². The second kappa shape index (κ2) is 5.44. The van der Waals surface area contributed by atoms with Crippen LogP contribution in [0.4, 0.5) is 0 Å². The van der Waals surface area contributed by atoms with E-state index in [2.05, 4.69) is 29.5 Å². The third kappa shape index (κ3) is 3.26. The van der Waals surface area contributed by atoms with E-state index >= 15 is 0 Å². The fourth-order valence-electron chi connectivity index (χ4n) is 1.81. The van der Waals surface area contributed by atoms with Crippen molar-refractivity contribution in [2.24, 2.45) is 5.92 Å². The number of thiophene rings is 1. The molecule has 2 rings (SSSR count). The van der Waals surface area contributed by atoms with Crippen LogP contribution in [0.25, 0.3) is 0 Å². The van der Waals surface area contributed by atoms with Gasteiger partial charge in [-0.1, -0.05) is 13.8 Å². The summed E-state index contributed by atoms with van der Waals surface area (Å²) in [6, 6.07) is 2.55. The first-order valence-corrected chi connectivity index (χ1v) is 7.55. The second-order valence-electron chi connectivity index (χ2n) is 5.02. The quantitative estimate of drug-likeness (QED) is 0.814. The highest BCUT2D eigenvalue weighted by Gasteiger charge is 2.35. The maximum atomic E-state index is 12.3. The molecule has 1 amide bonds. The maximum Gasteiger partial charge on any atom is 0.236 e. The summed E-state index contributed by atoms with van der Waals surface area (Å²) in [5.74, 6) is 0.478. The molecule has 4 heteroatoms. The van der Waals surface area contributed by atoms with Gasteiger partial charge in [0.2, 0.25) is 5.91 Å². The molecule has 1 aliphatic carbocycles. The van der Waals surface area contributed by atoms with Crippen molar-refractivity contribution in [2.75, 3.05) is 0 Å². The predicted octanol–water partition coefficient (Wildman–Crippen LogP) is 3.19. The van der Waals surface area contributed by atoms with Gasteiger partial charge in [-0.2, -0.15) is 24.0 Å². The predicted molar refractivity (Wildman–Crippen MR) is 75.5 cm³/mol. The number of rotatable bonds is 5. The van der Waals surface area contributed by atoms with Gasteiger partial charge in [0.25, 0.3) is 0 Å². The third-order valence-electron chi connectivity index (χ3n) is 3.09. The van der Waals surface area contributed by atoms with Crippen LogP contribution < -0.4 is 0 Å². The zero-order chi connectivity index (χ0) is 12.4. The van der Waals surface area contributed by atoms with Gasteiger partial charge in [0.15, 0.2) is 0 Å². The molecule has 2 nitrogen and oxygen atoms in total. The monoisotopic (exact) mass is 269 g/mol. The lowest BCUT2D eigenvalue weighted by molar-refractivity contribution is -0.132. The van der Waals surface area contributed by atoms with Crippen LogP contribution in [0.1, 0.15) is 32.3 Å². The third-order valence-corrected chi connectivity index (χ3v) is 4.64. The maximum absolute atomic E-state index is 12.3. The first-order chi connectivity index (χ1) is 8.09. The Bertz CT molecular complexity index is 371. The zero-order valence-corrected chi connectivity index (χ0v) is 12.0. The average Bonchev–Trinajstić information content (AvgIpc) is 3.01. The molecule has 0 saturated heterocycles. The number of carbonyl (C=O) groups is 1. The van der Waals surface area contributed by atoms with Gasteiger partial charge in [0.05, 0.1) is 5.25 Å². The summed E-state index contributed by atoms with van der Waals surface area (Å²) in [6.07, 6.45) is 2.29. The number of hydrogen-bond acceptors (Lipinski definition) is 3. The van der Waals surface area contributed by atoms with E-state index in [-0.39, 0.29) is 17.1 Å². The smallest absolute Gasteiger partial charge is 0.236 e. The normalized spacial score (nSPS) is 17.2. The van der Waals surface area contributed by atoms with Crippen LogP contribution in [0.2, 0.25) is 0 Å². The molecular formula is C13H19NOS2. The molecule has 1 saturated carbocycles. The zero-order valence-electron chi connectivity index (χ0n) is 10.3. The van der Waals surface area contributed by atoms with Crippen molar-refractivity contribution in [3.8, 4) is 0 Å². The number of thiol groups is 1. The Hall–Kier alpha value is -0.480. The largest absolute Gasteiger partial charge is 0.334 e. The fraction of sp³-hybridized carbons (Fsp3) is 0.615. The first-order valence-electron chi connectivity index (χ1n) is 6.09. The van der Waals surface area contributed by atoms with Crippen LogP contribution in [0.15, 0.2) is 16.8 Å². The van der Waals surface area contributed by atoms with E-state index in [0.717, 1.165) is 19.4 Å². The van der Waals surface area contributed by atoms with Crippen molar-refractivity contribution in [3.63, 3.8) is 0 Å². The van der Waals surface area contributed by atoms with Crippen LogP contribution in [0.3, 0.4) is 0 Å². The minimum Gasteiger partial charge on any atom is -0.334 e. The van der Waals surface area contributed by atoms with Gasteiger partial charge in [-0.25, -0.2) is 0 Å². The fourth-order valence-corrected chi connectivity index (χ4v) is 2.62. The van der Waals surface area contributed by atoms with Crippen molar-refractivity contribution in [1.82, 2.24) is 4.90 Å².